The topological polar surface area (TPSA) is 77.2 Å². The van der Waals surface area contributed by atoms with E-state index < -0.39 is 0 Å². The number of carbonyl (C=O) groups is 1. The molecule has 0 bridgehead atoms. The number of nitrogens with one attached hydrogen (secondary N) is 1. The molecule has 0 radical (unpaired) electrons. The van der Waals surface area contributed by atoms with Gasteiger partial charge in [-0.3, -0.25) is 4.79 Å². The summed E-state index contributed by atoms with van der Waals surface area (Å²) in [5, 5.41) is 6.71. The van der Waals surface area contributed by atoms with Crippen molar-refractivity contribution < 1.29 is 14.1 Å². The Bertz CT molecular complexity index is 901. The third-order valence-electron chi connectivity index (χ3n) is 3.64. The Balaban J connectivity index is 1.61. The van der Waals surface area contributed by atoms with Gasteiger partial charge in [0.25, 0.3) is 5.91 Å². The Kier molecular flexibility index (Phi) is 5.43. The largest absolute Gasteiger partial charge is 0.490 e. The van der Waals surface area contributed by atoms with Gasteiger partial charge in [-0.2, -0.15) is 4.98 Å². The highest BCUT2D eigenvalue weighted by atomic mass is 16.5. The summed E-state index contributed by atoms with van der Waals surface area (Å²) in [7, 11) is 0. The Morgan fingerprint density at radius 1 is 1.27 bits per heavy atom. The van der Waals surface area contributed by atoms with Gasteiger partial charge in [0.2, 0.25) is 11.7 Å². The molecule has 3 rings (SSSR count). The molecule has 0 aliphatic rings. The minimum absolute atomic E-state index is 0.148. The zero-order valence-corrected chi connectivity index (χ0v) is 14.4. The van der Waals surface area contributed by atoms with Crippen LogP contribution in [0.3, 0.4) is 0 Å². The fraction of sp³-hybridized carbons (Fsp3) is 0.150. The van der Waals surface area contributed by atoms with Crippen molar-refractivity contribution in [3.63, 3.8) is 0 Å². The number of ether oxygens (including phenoxy) is 1. The van der Waals surface area contributed by atoms with Crippen LogP contribution in [0.15, 0.2) is 65.7 Å². The molecular formula is C20H19N3O3. The van der Waals surface area contributed by atoms with Gasteiger partial charge in [-0.1, -0.05) is 53.7 Å². The van der Waals surface area contributed by atoms with Gasteiger partial charge >= 0.3 is 0 Å². The molecule has 0 unspecified atom stereocenters. The molecule has 0 aliphatic carbocycles. The van der Waals surface area contributed by atoms with E-state index in [2.05, 4.69) is 22.0 Å². The molecule has 0 spiro atoms. The number of hydrogen-bond acceptors (Lipinski definition) is 5. The first-order chi connectivity index (χ1) is 12.7. The fourth-order valence-corrected chi connectivity index (χ4v) is 2.29. The van der Waals surface area contributed by atoms with E-state index in [-0.39, 0.29) is 12.5 Å². The van der Waals surface area contributed by atoms with Crippen molar-refractivity contribution in [1.82, 2.24) is 15.5 Å². The smallest absolute Gasteiger partial charge is 0.251 e. The zero-order valence-electron chi connectivity index (χ0n) is 14.4. The van der Waals surface area contributed by atoms with Crippen molar-refractivity contribution in [2.24, 2.45) is 0 Å². The van der Waals surface area contributed by atoms with E-state index in [1.807, 2.05) is 31.2 Å². The maximum absolute atomic E-state index is 12.3. The van der Waals surface area contributed by atoms with Crippen molar-refractivity contribution in [3.8, 4) is 17.1 Å². The number of aromatic nitrogens is 2. The van der Waals surface area contributed by atoms with E-state index >= 15 is 0 Å². The van der Waals surface area contributed by atoms with Crippen LogP contribution < -0.4 is 10.1 Å². The third kappa shape index (κ3) is 4.36. The highest BCUT2D eigenvalue weighted by molar-refractivity contribution is 5.94. The highest BCUT2D eigenvalue weighted by Crippen LogP contribution is 2.17. The van der Waals surface area contributed by atoms with E-state index in [4.69, 9.17) is 9.26 Å². The van der Waals surface area contributed by atoms with Crippen molar-refractivity contribution in [1.29, 1.82) is 0 Å². The second kappa shape index (κ2) is 8.11. The molecule has 0 saturated carbocycles. The molecule has 6 nitrogen and oxygen atoms in total. The van der Waals surface area contributed by atoms with E-state index in [1.54, 1.807) is 30.3 Å². The Morgan fingerprint density at radius 2 is 2.08 bits per heavy atom. The molecule has 132 valence electrons. The molecule has 0 aliphatic heterocycles. The highest BCUT2D eigenvalue weighted by Gasteiger charge is 2.11. The predicted octanol–water partition coefficient (Wildman–Crippen LogP) is 3.54. The molecule has 6 heteroatoms. The van der Waals surface area contributed by atoms with E-state index in [9.17, 15) is 4.79 Å². The van der Waals surface area contributed by atoms with Gasteiger partial charge in [0.05, 0.1) is 6.54 Å². The third-order valence-corrected chi connectivity index (χ3v) is 3.64. The SMILES string of the molecule is C=CCOc1cccc(C(=O)NCc2nc(-c3ccc(C)cc3)no2)c1. The summed E-state index contributed by atoms with van der Waals surface area (Å²) in [5.74, 6) is 1.20. The predicted molar refractivity (Wildman–Crippen MR) is 97.8 cm³/mol. The van der Waals surface area contributed by atoms with Crippen LogP contribution in [0.4, 0.5) is 0 Å². The van der Waals surface area contributed by atoms with Crippen molar-refractivity contribution in [2.75, 3.05) is 6.61 Å². The first-order valence-electron chi connectivity index (χ1n) is 8.17. The summed E-state index contributed by atoms with van der Waals surface area (Å²) >= 11 is 0. The van der Waals surface area contributed by atoms with Crippen molar-refractivity contribution in [3.05, 3.63) is 78.2 Å². The van der Waals surface area contributed by atoms with Gasteiger partial charge in [0.15, 0.2) is 0 Å². The fourth-order valence-electron chi connectivity index (χ4n) is 2.29. The summed E-state index contributed by atoms with van der Waals surface area (Å²) in [4.78, 5) is 16.6. The average Bonchev–Trinajstić information content (AvgIpc) is 3.14. The molecule has 0 saturated heterocycles. The van der Waals surface area contributed by atoms with Crippen LogP contribution in [0.1, 0.15) is 21.8 Å². The maximum Gasteiger partial charge on any atom is 0.251 e. The van der Waals surface area contributed by atoms with Gasteiger partial charge in [-0.05, 0) is 25.1 Å². The summed E-state index contributed by atoms with van der Waals surface area (Å²) in [5.41, 5.74) is 2.51. The minimum Gasteiger partial charge on any atom is -0.490 e. The van der Waals surface area contributed by atoms with Crippen molar-refractivity contribution >= 4 is 5.91 Å². The Labute approximate surface area is 151 Å². The second-order valence-electron chi connectivity index (χ2n) is 5.69. The summed E-state index contributed by atoms with van der Waals surface area (Å²) in [6.07, 6.45) is 1.65. The summed E-state index contributed by atoms with van der Waals surface area (Å²) < 4.78 is 10.6. The molecule has 2 aromatic carbocycles. The molecule has 1 aromatic heterocycles. The monoisotopic (exact) mass is 349 g/mol. The van der Waals surface area contributed by atoms with Crippen LogP contribution >= 0.6 is 0 Å². The number of carbonyl (C=O) groups excluding carboxylic acids is 1. The van der Waals surface area contributed by atoms with Gasteiger partial charge < -0.3 is 14.6 Å². The van der Waals surface area contributed by atoms with Crippen LogP contribution in [0.2, 0.25) is 0 Å². The number of amides is 1. The normalized spacial score (nSPS) is 10.3. The molecule has 0 fully saturated rings. The summed E-state index contributed by atoms with van der Waals surface area (Å²) in [6.45, 7) is 6.14. The molecule has 26 heavy (non-hydrogen) atoms. The van der Waals surface area contributed by atoms with E-state index in [0.717, 1.165) is 11.1 Å². The van der Waals surface area contributed by atoms with Crippen LogP contribution in [-0.2, 0) is 6.54 Å². The number of benzene rings is 2. The molecule has 1 amide bonds. The van der Waals surface area contributed by atoms with Crippen LogP contribution in [0.25, 0.3) is 11.4 Å². The lowest BCUT2D eigenvalue weighted by atomic mass is 10.1. The van der Waals surface area contributed by atoms with E-state index in [0.29, 0.717) is 29.6 Å². The number of rotatable bonds is 7. The van der Waals surface area contributed by atoms with E-state index in [1.165, 1.54) is 0 Å². The number of aryl methyl sites for hydroxylation is 1. The lowest BCUT2D eigenvalue weighted by Gasteiger charge is -2.06. The van der Waals surface area contributed by atoms with Crippen LogP contribution in [0, 0.1) is 6.92 Å². The first kappa shape index (κ1) is 17.4. The van der Waals surface area contributed by atoms with Crippen LogP contribution in [-0.4, -0.2) is 22.7 Å². The van der Waals surface area contributed by atoms with Gasteiger partial charge in [-0.15, -0.1) is 0 Å². The number of nitrogens with zero attached hydrogens (tertiary/aromatic N) is 2. The quantitative estimate of drug-likeness (QED) is 0.660. The Hall–Kier alpha value is -3.41. The lowest BCUT2D eigenvalue weighted by Crippen LogP contribution is -2.22. The van der Waals surface area contributed by atoms with Gasteiger partial charge in [0.1, 0.15) is 12.4 Å². The second-order valence-corrected chi connectivity index (χ2v) is 5.69. The van der Waals surface area contributed by atoms with Crippen LogP contribution in [0.5, 0.6) is 5.75 Å². The Morgan fingerprint density at radius 3 is 2.85 bits per heavy atom. The zero-order chi connectivity index (χ0) is 18.4. The standard InChI is InChI=1S/C20H19N3O3/c1-3-11-25-17-6-4-5-16(12-17)20(24)21-13-18-22-19(23-26-18)15-9-7-14(2)8-10-15/h3-10,12H,1,11,13H2,2H3,(H,21,24). The molecule has 3 aromatic rings. The van der Waals surface area contributed by atoms with Gasteiger partial charge in [0, 0.05) is 11.1 Å². The maximum atomic E-state index is 12.3. The average molecular weight is 349 g/mol. The molecule has 0 atom stereocenters. The molecular weight excluding hydrogens is 330 g/mol. The summed E-state index contributed by atoms with van der Waals surface area (Å²) in [6, 6.07) is 14.7. The minimum atomic E-state index is -0.246. The number of hydrogen-bond donors (Lipinski definition) is 1. The van der Waals surface area contributed by atoms with Crippen molar-refractivity contribution in [2.45, 2.75) is 13.5 Å². The lowest BCUT2D eigenvalue weighted by molar-refractivity contribution is 0.0946. The van der Waals surface area contributed by atoms with Gasteiger partial charge in [-0.25, -0.2) is 0 Å². The molecule has 1 heterocycles. The molecule has 1 N–H and O–H groups in total. The first-order valence-corrected chi connectivity index (χ1v) is 8.17.